The zero-order valence-electron chi connectivity index (χ0n) is 10.5. The molecule has 2 heterocycles. The van der Waals surface area contributed by atoms with Crippen molar-refractivity contribution in [3.63, 3.8) is 0 Å². The predicted molar refractivity (Wildman–Crippen MR) is 87.3 cm³/mol. The molecule has 0 radical (unpaired) electrons. The largest absolute Gasteiger partial charge is 0.388 e. The molecule has 0 saturated carbocycles. The Labute approximate surface area is 130 Å². The maximum atomic E-state index is 5.59. The number of hydrogen-bond acceptors (Lipinski definition) is 4. The van der Waals surface area contributed by atoms with E-state index in [1.165, 1.54) is 4.88 Å². The third kappa shape index (κ3) is 4.35. The van der Waals surface area contributed by atoms with Gasteiger partial charge >= 0.3 is 0 Å². The zero-order valence-corrected chi connectivity index (χ0v) is 13.7. The molecule has 0 atom stereocenters. The quantitative estimate of drug-likeness (QED) is 0.836. The van der Waals surface area contributed by atoms with Crippen LogP contribution in [0.5, 0.6) is 0 Å². The van der Waals surface area contributed by atoms with Gasteiger partial charge < -0.3 is 5.73 Å². The van der Waals surface area contributed by atoms with E-state index in [1.807, 2.05) is 12.1 Å². The van der Waals surface area contributed by atoms with E-state index in [9.17, 15) is 0 Å². The first-order chi connectivity index (χ1) is 9.04. The van der Waals surface area contributed by atoms with Crippen LogP contribution in [0.2, 0.25) is 0 Å². The Morgan fingerprint density at radius 1 is 1.47 bits per heavy atom. The summed E-state index contributed by atoms with van der Waals surface area (Å²) < 4.78 is 1.14. The van der Waals surface area contributed by atoms with E-state index >= 15 is 0 Å². The smallest absolute Gasteiger partial charge is 0.122 e. The summed E-state index contributed by atoms with van der Waals surface area (Å²) in [7, 11) is 2.09. The van der Waals surface area contributed by atoms with Gasteiger partial charge in [-0.3, -0.25) is 9.88 Å². The fourth-order valence-electron chi connectivity index (χ4n) is 1.78. The fourth-order valence-corrected chi connectivity index (χ4v) is 3.42. The molecule has 0 amide bonds. The Kier molecular flexibility index (Phi) is 5.04. The average Bonchev–Trinajstić information content (AvgIpc) is 2.74. The van der Waals surface area contributed by atoms with E-state index < -0.39 is 0 Å². The Morgan fingerprint density at radius 2 is 2.26 bits per heavy atom. The minimum absolute atomic E-state index is 0.340. The van der Waals surface area contributed by atoms with Crippen LogP contribution in [0.4, 0.5) is 0 Å². The molecule has 19 heavy (non-hydrogen) atoms. The molecule has 0 aromatic carbocycles. The summed E-state index contributed by atoms with van der Waals surface area (Å²) in [5, 5.41) is 2.10. The van der Waals surface area contributed by atoms with Gasteiger partial charge in [0.05, 0.1) is 5.69 Å². The number of pyridine rings is 1. The highest BCUT2D eigenvalue weighted by Gasteiger charge is 2.06. The first-order valence-electron chi connectivity index (χ1n) is 5.71. The zero-order chi connectivity index (χ0) is 13.8. The number of nitrogens with zero attached hydrogens (tertiary/aromatic N) is 2. The summed E-state index contributed by atoms with van der Waals surface area (Å²) in [4.78, 5) is 8.06. The van der Waals surface area contributed by atoms with Gasteiger partial charge in [0.1, 0.15) is 4.99 Å². The van der Waals surface area contributed by atoms with Gasteiger partial charge in [0.15, 0.2) is 0 Å². The van der Waals surface area contributed by atoms with Gasteiger partial charge in [-0.25, -0.2) is 0 Å². The molecular weight excluding hydrogens is 342 g/mol. The van der Waals surface area contributed by atoms with Crippen molar-refractivity contribution in [2.45, 2.75) is 13.1 Å². The Morgan fingerprint density at radius 3 is 2.89 bits per heavy atom. The van der Waals surface area contributed by atoms with Crippen molar-refractivity contribution in [3.8, 4) is 0 Å². The van der Waals surface area contributed by atoms with Crippen molar-refractivity contribution in [1.29, 1.82) is 0 Å². The standard InChI is InChI=1S/C13H14BrN3S2/c1-17(7-11-5-10(14)8-19-11)6-9-2-3-16-12(4-9)13(15)18/h2-5,8H,6-7H2,1H3,(H2,15,18). The second-order valence-corrected chi connectivity index (χ2v) is 6.67. The molecule has 0 saturated heterocycles. The van der Waals surface area contributed by atoms with Crippen LogP contribution in [0.1, 0.15) is 16.1 Å². The lowest BCUT2D eigenvalue weighted by Crippen LogP contribution is -2.18. The highest BCUT2D eigenvalue weighted by Crippen LogP contribution is 2.21. The van der Waals surface area contributed by atoms with Crippen molar-refractivity contribution < 1.29 is 0 Å². The summed E-state index contributed by atoms with van der Waals surface area (Å²) in [5.74, 6) is 0. The van der Waals surface area contributed by atoms with Crippen LogP contribution in [-0.4, -0.2) is 21.9 Å². The first-order valence-corrected chi connectivity index (χ1v) is 7.79. The van der Waals surface area contributed by atoms with E-state index in [0.29, 0.717) is 10.7 Å². The number of halogens is 1. The number of thiophene rings is 1. The molecule has 0 bridgehead atoms. The lowest BCUT2D eigenvalue weighted by atomic mass is 10.2. The molecule has 6 heteroatoms. The highest BCUT2D eigenvalue weighted by atomic mass is 79.9. The molecule has 0 aliphatic carbocycles. The van der Waals surface area contributed by atoms with Crippen molar-refractivity contribution in [1.82, 2.24) is 9.88 Å². The van der Waals surface area contributed by atoms with E-state index in [2.05, 4.69) is 44.3 Å². The molecule has 0 spiro atoms. The average molecular weight is 356 g/mol. The third-order valence-electron chi connectivity index (χ3n) is 2.58. The van der Waals surface area contributed by atoms with E-state index in [1.54, 1.807) is 17.5 Å². The summed E-state index contributed by atoms with van der Waals surface area (Å²) in [6, 6.07) is 6.08. The van der Waals surface area contributed by atoms with Gasteiger partial charge in [-0.2, -0.15) is 0 Å². The molecule has 2 aromatic rings. The molecule has 2 rings (SSSR count). The van der Waals surface area contributed by atoms with Crippen molar-refractivity contribution in [3.05, 3.63) is 50.4 Å². The van der Waals surface area contributed by atoms with Gasteiger partial charge in [-0.1, -0.05) is 12.2 Å². The normalized spacial score (nSPS) is 10.9. The second-order valence-electron chi connectivity index (χ2n) is 4.32. The number of thiocarbonyl (C=S) groups is 1. The fraction of sp³-hybridized carbons (Fsp3) is 0.231. The highest BCUT2D eigenvalue weighted by molar-refractivity contribution is 9.10. The Hall–Kier alpha value is -0.820. The van der Waals surface area contributed by atoms with Crippen LogP contribution in [0.3, 0.4) is 0 Å². The minimum Gasteiger partial charge on any atom is -0.388 e. The molecule has 0 fully saturated rings. The molecule has 2 N–H and O–H groups in total. The SMILES string of the molecule is CN(Cc1ccnc(C(N)=S)c1)Cc1cc(Br)cs1. The number of hydrogen-bond donors (Lipinski definition) is 1. The number of nitrogens with two attached hydrogens (primary N) is 1. The summed E-state index contributed by atoms with van der Waals surface area (Å²) in [6.45, 7) is 1.76. The van der Waals surface area contributed by atoms with Crippen LogP contribution in [0.15, 0.2) is 34.2 Å². The number of aromatic nitrogens is 1. The maximum Gasteiger partial charge on any atom is 0.122 e. The lowest BCUT2D eigenvalue weighted by Gasteiger charge is -2.15. The lowest BCUT2D eigenvalue weighted by molar-refractivity contribution is 0.322. The second kappa shape index (κ2) is 6.56. The van der Waals surface area contributed by atoms with Gasteiger partial charge in [-0.15, -0.1) is 11.3 Å². The van der Waals surface area contributed by atoms with Crippen LogP contribution >= 0.6 is 39.5 Å². The van der Waals surface area contributed by atoms with Crippen LogP contribution in [0.25, 0.3) is 0 Å². The third-order valence-corrected chi connectivity index (χ3v) is 4.47. The topological polar surface area (TPSA) is 42.2 Å². The monoisotopic (exact) mass is 355 g/mol. The molecule has 0 aliphatic rings. The molecule has 3 nitrogen and oxygen atoms in total. The van der Waals surface area contributed by atoms with Gasteiger partial charge in [0.2, 0.25) is 0 Å². The van der Waals surface area contributed by atoms with Crippen LogP contribution < -0.4 is 5.73 Å². The van der Waals surface area contributed by atoms with E-state index in [0.717, 1.165) is 23.1 Å². The van der Waals surface area contributed by atoms with Crippen molar-refractivity contribution in [2.24, 2.45) is 5.73 Å². The Balaban J connectivity index is 2.00. The first kappa shape index (κ1) is 14.6. The molecular formula is C13H14BrN3S2. The van der Waals surface area contributed by atoms with E-state index in [-0.39, 0.29) is 0 Å². The maximum absolute atomic E-state index is 5.59. The van der Waals surface area contributed by atoms with Gasteiger partial charge in [0.25, 0.3) is 0 Å². The molecule has 0 aliphatic heterocycles. The Bertz CT molecular complexity index is 583. The summed E-state index contributed by atoms with van der Waals surface area (Å²) in [6.07, 6.45) is 1.75. The van der Waals surface area contributed by atoms with Crippen molar-refractivity contribution in [2.75, 3.05) is 7.05 Å². The predicted octanol–water partition coefficient (Wildman–Crippen LogP) is 3.17. The number of rotatable bonds is 5. The van der Waals surface area contributed by atoms with Gasteiger partial charge in [-0.05, 0) is 46.7 Å². The summed E-state index contributed by atoms with van der Waals surface area (Å²) in [5.41, 5.74) is 7.43. The molecule has 100 valence electrons. The van der Waals surface area contributed by atoms with E-state index in [4.69, 9.17) is 18.0 Å². The van der Waals surface area contributed by atoms with Gasteiger partial charge in [0, 0.05) is 34.0 Å². The molecule has 0 unspecified atom stereocenters. The van der Waals surface area contributed by atoms with Crippen LogP contribution in [0, 0.1) is 0 Å². The minimum atomic E-state index is 0.340. The van der Waals surface area contributed by atoms with Crippen molar-refractivity contribution >= 4 is 44.5 Å². The van der Waals surface area contributed by atoms with Crippen LogP contribution in [-0.2, 0) is 13.1 Å². The molecule has 2 aromatic heterocycles. The summed E-state index contributed by atoms with van der Waals surface area (Å²) >= 11 is 10.2.